The molecule has 2 aliphatic rings. The third-order valence-corrected chi connectivity index (χ3v) is 5.31. The van der Waals surface area contributed by atoms with Crippen LogP contribution in [0.2, 0.25) is 0 Å². The molecule has 0 bridgehead atoms. The maximum absolute atomic E-state index is 12.5. The molecule has 1 aromatic rings. The lowest BCUT2D eigenvalue weighted by molar-refractivity contribution is -0.133. The molecule has 1 atom stereocenters. The molecule has 2 aliphatic heterocycles. The first-order chi connectivity index (χ1) is 10.7. The van der Waals surface area contributed by atoms with Gasteiger partial charge >= 0.3 is 0 Å². The van der Waals surface area contributed by atoms with Gasteiger partial charge < -0.3 is 10.6 Å². The fourth-order valence-corrected chi connectivity index (χ4v) is 4.05. The van der Waals surface area contributed by atoms with E-state index in [1.54, 1.807) is 4.90 Å². The van der Waals surface area contributed by atoms with Crippen LogP contribution in [0.3, 0.4) is 0 Å². The summed E-state index contributed by atoms with van der Waals surface area (Å²) >= 11 is 1.44. The average molecular weight is 322 g/mol. The average Bonchev–Trinajstić information content (AvgIpc) is 3.15. The van der Waals surface area contributed by atoms with Crippen molar-refractivity contribution in [3.8, 4) is 0 Å². The van der Waals surface area contributed by atoms with Crippen LogP contribution in [0.5, 0.6) is 0 Å². The zero-order valence-corrected chi connectivity index (χ0v) is 13.5. The number of carbonyl (C=O) groups is 2. The van der Waals surface area contributed by atoms with Gasteiger partial charge in [0.2, 0.25) is 11.8 Å². The normalized spacial score (nSPS) is 22.4. The van der Waals surface area contributed by atoms with Crippen molar-refractivity contribution in [3.05, 3.63) is 11.1 Å². The Labute approximate surface area is 134 Å². The quantitative estimate of drug-likeness (QED) is 0.902. The number of thiazole rings is 1. The van der Waals surface area contributed by atoms with Gasteiger partial charge in [-0.1, -0.05) is 0 Å². The molecule has 0 saturated carbocycles. The number of hydrogen-bond acceptors (Lipinski definition) is 5. The Kier molecular flexibility index (Phi) is 4.73. The van der Waals surface area contributed by atoms with Crippen LogP contribution in [0.15, 0.2) is 5.38 Å². The lowest BCUT2D eigenvalue weighted by Gasteiger charge is -2.35. The molecule has 1 aromatic heterocycles. The topological polar surface area (TPSA) is 79.5 Å². The monoisotopic (exact) mass is 322 g/mol. The number of piperidine rings is 1. The molecule has 2 amide bonds. The third-order valence-electron chi connectivity index (χ3n) is 4.40. The van der Waals surface area contributed by atoms with Crippen LogP contribution in [0.1, 0.15) is 37.8 Å². The number of nitrogens with two attached hydrogens (primary N) is 1. The van der Waals surface area contributed by atoms with Gasteiger partial charge in [-0.25, -0.2) is 4.98 Å². The molecule has 0 aliphatic carbocycles. The minimum absolute atomic E-state index is 0.0970. The molecular weight excluding hydrogens is 300 g/mol. The van der Waals surface area contributed by atoms with Gasteiger partial charge in [0.05, 0.1) is 12.1 Å². The van der Waals surface area contributed by atoms with Crippen molar-refractivity contribution in [2.45, 2.75) is 44.6 Å². The molecule has 3 rings (SSSR count). The van der Waals surface area contributed by atoms with Crippen LogP contribution < -0.4 is 10.6 Å². The summed E-state index contributed by atoms with van der Waals surface area (Å²) in [5, 5.41) is 2.61. The van der Waals surface area contributed by atoms with Crippen LogP contribution in [-0.2, 0) is 16.0 Å². The van der Waals surface area contributed by atoms with Crippen molar-refractivity contribution in [3.63, 3.8) is 0 Å². The molecular formula is C15H22N4O2S. The molecule has 120 valence electrons. The van der Waals surface area contributed by atoms with Crippen molar-refractivity contribution in [2.75, 3.05) is 24.5 Å². The van der Waals surface area contributed by atoms with E-state index in [9.17, 15) is 9.59 Å². The number of nitrogens with zero attached hydrogens (tertiary/aromatic N) is 3. The summed E-state index contributed by atoms with van der Waals surface area (Å²) in [7, 11) is 0. The number of carbonyl (C=O) groups excluding carboxylic acids is 2. The van der Waals surface area contributed by atoms with Crippen molar-refractivity contribution >= 4 is 28.3 Å². The standard InChI is InChI=1S/C15H22N4O2S/c16-9-12-4-1-2-6-18(12)14(21)8-11-10-22-15(17-11)19-7-3-5-13(19)20/h10,12H,1-9,16H2. The summed E-state index contributed by atoms with van der Waals surface area (Å²) in [6.45, 7) is 2.06. The number of likely N-dealkylation sites (tertiary alicyclic amines) is 1. The predicted octanol–water partition coefficient (Wildman–Crippen LogP) is 1.15. The lowest BCUT2D eigenvalue weighted by Crippen LogP contribution is -2.48. The molecule has 1 unspecified atom stereocenters. The first-order valence-electron chi connectivity index (χ1n) is 7.93. The van der Waals surface area contributed by atoms with E-state index >= 15 is 0 Å². The van der Waals surface area contributed by atoms with E-state index in [-0.39, 0.29) is 17.9 Å². The van der Waals surface area contributed by atoms with Gasteiger partial charge in [0.15, 0.2) is 5.13 Å². The highest BCUT2D eigenvalue weighted by atomic mass is 32.1. The Bertz CT molecular complexity index is 559. The summed E-state index contributed by atoms with van der Waals surface area (Å²) in [5.74, 6) is 0.228. The molecule has 2 saturated heterocycles. The van der Waals surface area contributed by atoms with E-state index in [1.807, 2.05) is 10.3 Å². The molecule has 0 spiro atoms. The van der Waals surface area contributed by atoms with Crippen LogP contribution in [0.4, 0.5) is 5.13 Å². The Morgan fingerprint density at radius 1 is 1.36 bits per heavy atom. The number of anilines is 1. The predicted molar refractivity (Wildman–Crippen MR) is 85.8 cm³/mol. The number of rotatable bonds is 4. The van der Waals surface area contributed by atoms with Crippen molar-refractivity contribution in [1.82, 2.24) is 9.88 Å². The van der Waals surface area contributed by atoms with Crippen LogP contribution in [0.25, 0.3) is 0 Å². The molecule has 2 N–H and O–H groups in total. The summed E-state index contributed by atoms with van der Waals surface area (Å²) in [6, 6.07) is 0.166. The molecule has 0 radical (unpaired) electrons. The first kappa shape index (κ1) is 15.4. The van der Waals surface area contributed by atoms with Crippen LogP contribution in [-0.4, -0.2) is 47.4 Å². The summed E-state index contributed by atoms with van der Waals surface area (Å²) < 4.78 is 0. The van der Waals surface area contributed by atoms with Gasteiger partial charge in [-0.15, -0.1) is 11.3 Å². The lowest BCUT2D eigenvalue weighted by atomic mass is 10.0. The van der Waals surface area contributed by atoms with E-state index in [1.165, 1.54) is 11.3 Å². The summed E-state index contributed by atoms with van der Waals surface area (Å²) in [5.41, 5.74) is 6.53. The van der Waals surface area contributed by atoms with Crippen molar-refractivity contribution in [1.29, 1.82) is 0 Å². The Morgan fingerprint density at radius 3 is 2.95 bits per heavy atom. The van der Waals surface area contributed by atoms with E-state index in [2.05, 4.69) is 4.98 Å². The fourth-order valence-electron chi connectivity index (χ4n) is 3.18. The molecule has 22 heavy (non-hydrogen) atoms. The first-order valence-corrected chi connectivity index (χ1v) is 8.81. The molecule has 3 heterocycles. The van der Waals surface area contributed by atoms with Gasteiger partial charge in [0.1, 0.15) is 0 Å². The van der Waals surface area contributed by atoms with Gasteiger partial charge in [0.25, 0.3) is 0 Å². The molecule has 0 aromatic carbocycles. The Morgan fingerprint density at radius 2 is 2.23 bits per heavy atom. The van der Waals surface area contributed by atoms with E-state index in [0.29, 0.717) is 19.4 Å². The molecule has 6 nitrogen and oxygen atoms in total. The number of amides is 2. The third kappa shape index (κ3) is 3.15. The van der Waals surface area contributed by atoms with E-state index < -0.39 is 0 Å². The Hall–Kier alpha value is -1.47. The zero-order valence-electron chi connectivity index (χ0n) is 12.7. The van der Waals surface area contributed by atoms with Gasteiger partial charge in [0, 0.05) is 37.5 Å². The second kappa shape index (κ2) is 6.75. The maximum Gasteiger partial charge on any atom is 0.228 e. The number of hydrogen-bond donors (Lipinski definition) is 1. The van der Waals surface area contributed by atoms with Crippen molar-refractivity contribution < 1.29 is 9.59 Å². The molecule has 7 heteroatoms. The number of aromatic nitrogens is 1. The largest absolute Gasteiger partial charge is 0.338 e. The minimum Gasteiger partial charge on any atom is -0.338 e. The van der Waals surface area contributed by atoms with E-state index in [0.717, 1.165) is 49.6 Å². The Balaban J connectivity index is 1.64. The second-order valence-corrected chi connectivity index (χ2v) is 6.76. The summed E-state index contributed by atoms with van der Waals surface area (Å²) in [4.78, 5) is 32.3. The zero-order chi connectivity index (χ0) is 15.5. The highest BCUT2D eigenvalue weighted by Crippen LogP contribution is 2.26. The highest BCUT2D eigenvalue weighted by Gasteiger charge is 2.27. The van der Waals surface area contributed by atoms with Gasteiger partial charge in [-0.3, -0.25) is 14.5 Å². The molecule has 2 fully saturated rings. The fraction of sp³-hybridized carbons (Fsp3) is 0.667. The van der Waals surface area contributed by atoms with Gasteiger partial charge in [-0.2, -0.15) is 0 Å². The highest BCUT2D eigenvalue weighted by molar-refractivity contribution is 7.14. The maximum atomic E-state index is 12.5. The van der Waals surface area contributed by atoms with Crippen LogP contribution >= 0.6 is 11.3 Å². The van der Waals surface area contributed by atoms with E-state index in [4.69, 9.17) is 5.73 Å². The van der Waals surface area contributed by atoms with Crippen molar-refractivity contribution in [2.24, 2.45) is 5.73 Å². The van der Waals surface area contributed by atoms with Gasteiger partial charge in [-0.05, 0) is 25.7 Å². The summed E-state index contributed by atoms with van der Waals surface area (Å²) in [6.07, 6.45) is 4.97. The SMILES string of the molecule is NCC1CCCCN1C(=O)Cc1csc(N2CCCC2=O)n1. The smallest absolute Gasteiger partial charge is 0.228 e. The van der Waals surface area contributed by atoms with Crippen LogP contribution in [0, 0.1) is 0 Å². The second-order valence-electron chi connectivity index (χ2n) is 5.92. The minimum atomic E-state index is 0.0970.